The number of nitrogens with one attached hydrogen (secondary N) is 3. The molecular weight excluding hydrogens is 381 g/mol. The van der Waals surface area contributed by atoms with Gasteiger partial charge in [0.1, 0.15) is 5.82 Å². The van der Waals surface area contributed by atoms with Crippen molar-refractivity contribution in [3.8, 4) is 11.1 Å². The summed E-state index contributed by atoms with van der Waals surface area (Å²) in [5, 5.41) is 11.4. The van der Waals surface area contributed by atoms with Crippen LogP contribution in [0.1, 0.15) is 6.92 Å². The number of nitrogens with zero attached hydrogens (tertiary/aromatic N) is 1. The van der Waals surface area contributed by atoms with Gasteiger partial charge in [-0.3, -0.25) is 9.89 Å². The van der Waals surface area contributed by atoms with Crippen LogP contribution in [-0.4, -0.2) is 21.1 Å². The first-order chi connectivity index (χ1) is 14.4. The number of aromatic amines is 2. The van der Waals surface area contributed by atoms with Gasteiger partial charge in [0.2, 0.25) is 0 Å². The summed E-state index contributed by atoms with van der Waals surface area (Å²) in [6, 6.07) is 8.45. The standard InChI is InChI=1S/C23H20FN5O/c1-13(2)4-3-5-19(25)23(30)28-21-8-14(9-22-18(21)12-27-29-22)17-10-15(24)11-20-16(17)6-7-26-20/h3-12,26H,1,25H2,2H3,(H,27,29)(H,28,30)/b4-3-,19-5-. The topological polar surface area (TPSA) is 99.6 Å². The van der Waals surface area contributed by atoms with E-state index in [0.717, 1.165) is 21.9 Å². The van der Waals surface area contributed by atoms with Gasteiger partial charge in [0.05, 0.1) is 23.1 Å². The molecule has 150 valence electrons. The molecule has 0 unspecified atom stereocenters. The van der Waals surface area contributed by atoms with Gasteiger partial charge in [-0.1, -0.05) is 24.3 Å². The van der Waals surface area contributed by atoms with E-state index >= 15 is 0 Å². The number of carbonyl (C=O) groups excluding carboxylic acids is 1. The third kappa shape index (κ3) is 3.73. The number of allylic oxidation sites excluding steroid dienone is 4. The monoisotopic (exact) mass is 401 g/mol. The van der Waals surface area contributed by atoms with E-state index in [1.54, 1.807) is 30.6 Å². The summed E-state index contributed by atoms with van der Waals surface area (Å²) in [5.41, 5.74) is 10.1. The molecule has 7 heteroatoms. The maximum absolute atomic E-state index is 14.2. The van der Waals surface area contributed by atoms with E-state index in [1.807, 2.05) is 19.1 Å². The molecule has 0 atom stereocenters. The summed E-state index contributed by atoms with van der Waals surface area (Å²) in [6.07, 6.45) is 8.30. The molecule has 5 N–H and O–H groups in total. The number of fused-ring (bicyclic) bond motifs is 2. The summed E-state index contributed by atoms with van der Waals surface area (Å²) in [5.74, 6) is -0.807. The largest absolute Gasteiger partial charge is 0.394 e. The van der Waals surface area contributed by atoms with Crippen LogP contribution in [0.25, 0.3) is 32.9 Å². The first-order valence-corrected chi connectivity index (χ1v) is 9.27. The Morgan fingerprint density at radius 3 is 2.87 bits per heavy atom. The number of aromatic nitrogens is 3. The molecular formula is C23H20FN5O. The van der Waals surface area contributed by atoms with Crippen molar-refractivity contribution in [1.82, 2.24) is 15.2 Å². The van der Waals surface area contributed by atoms with Crippen LogP contribution in [0.2, 0.25) is 0 Å². The molecule has 4 rings (SSSR count). The molecule has 2 aromatic carbocycles. The van der Waals surface area contributed by atoms with Gasteiger partial charge in [-0.2, -0.15) is 5.10 Å². The molecule has 0 aliphatic heterocycles. The Morgan fingerprint density at radius 2 is 2.07 bits per heavy atom. The third-order valence-corrected chi connectivity index (χ3v) is 4.67. The predicted octanol–water partition coefficient (Wildman–Crippen LogP) is 4.76. The molecule has 0 fully saturated rings. The van der Waals surface area contributed by atoms with E-state index in [0.29, 0.717) is 22.3 Å². The maximum Gasteiger partial charge on any atom is 0.271 e. The van der Waals surface area contributed by atoms with Crippen molar-refractivity contribution in [3.05, 3.63) is 84.6 Å². The highest BCUT2D eigenvalue weighted by Crippen LogP contribution is 2.34. The highest BCUT2D eigenvalue weighted by molar-refractivity contribution is 6.09. The van der Waals surface area contributed by atoms with Crippen LogP contribution in [-0.2, 0) is 4.79 Å². The highest BCUT2D eigenvalue weighted by atomic mass is 19.1. The first-order valence-electron chi connectivity index (χ1n) is 9.27. The zero-order valence-electron chi connectivity index (χ0n) is 16.3. The van der Waals surface area contributed by atoms with Crippen LogP contribution in [0.5, 0.6) is 0 Å². The highest BCUT2D eigenvalue weighted by Gasteiger charge is 2.14. The van der Waals surface area contributed by atoms with Crippen LogP contribution in [0.3, 0.4) is 0 Å². The van der Waals surface area contributed by atoms with Crippen molar-refractivity contribution >= 4 is 33.4 Å². The summed E-state index contributed by atoms with van der Waals surface area (Å²) < 4.78 is 14.2. The maximum atomic E-state index is 14.2. The van der Waals surface area contributed by atoms with Gasteiger partial charge in [-0.15, -0.1) is 0 Å². The smallest absolute Gasteiger partial charge is 0.271 e. The minimum atomic E-state index is -0.452. The number of hydrogen-bond donors (Lipinski definition) is 4. The average Bonchev–Trinajstić information content (AvgIpc) is 3.35. The summed E-state index contributed by atoms with van der Waals surface area (Å²) in [4.78, 5) is 15.6. The molecule has 0 aliphatic carbocycles. The summed E-state index contributed by atoms with van der Waals surface area (Å²) >= 11 is 0. The van der Waals surface area contributed by atoms with Crippen LogP contribution >= 0.6 is 0 Å². The van der Waals surface area contributed by atoms with Gasteiger partial charge >= 0.3 is 0 Å². The summed E-state index contributed by atoms with van der Waals surface area (Å²) in [6.45, 7) is 5.60. The molecule has 6 nitrogen and oxygen atoms in total. The first kappa shape index (κ1) is 19.2. The van der Waals surface area contributed by atoms with Crippen molar-refractivity contribution in [2.75, 3.05) is 5.32 Å². The lowest BCUT2D eigenvalue weighted by Gasteiger charge is -2.11. The fourth-order valence-electron chi connectivity index (χ4n) is 3.27. The molecule has 0 saturated heterocycles. The van der Waals surface area contributed by atoms with Gasteiger partial charge in [-0.05, 0) is 54.5 Å². The summed E-state index contributed by atoms with van der Waals surface area (Å²) in [7, 11) is 0. The Labute approximate surface area is 172 Å². The third-order valence-electron chi connectivity index (χ3n) is 4.67. The lowest BCUT2D eigenvalue weighted by Crippen LogP contribution is -2.20. The minimum Gasteiger partial charge on any atom is -0.394 e. The Bertz CT molecular complexity index is 1340. The molecule has 2 aromatic heterocycles. The van der Waals surface area contributed by atoms with Gasteiger partial charge in [-0.25, -0.2) is 4.39 Å². The number of hydrogen-bond acceptors (Lipinski definition) is 3. The van der Waals surface area contributed by atoms with Crippen molar-refractivity contribution in [2.24, 2.45) is 5.73 Å². The number of benzene rings is 2. The van der Waals surface area contributed by atoms with Gasteiger partial charge in [0.15, 0.2) is 0 Å². The molecule has 2 heterocycles. The van der Waals surface area contributed by atoms with E-state index in [1.165, 1.54) is 18.2 Å². The van der Waals surface area contributed by atoms with Gasteiger partial charge < -0.3 is 16.0 Å². The molecule has 30 heavy (non-hydrogen) atoms. The van der Waals surface area contributed by atoms with Crippen molar-refractivity contribution in [2.45, 2.75) is 6.92 Å². The Hall–Kier alpha value is -4.13. The number of H-pyrrole nitrogens is 2. The molecule has 0 spiro atoms. The van der Waals surface area contributed by atoms with Crippen LogP contribution in [0.4, 0.5) is 10.1 Å². The van der Waals surface area contributed by atoms with Crippen molar-refractivity contribution < 1.29 is 9.18 Å². The molecule has 1 amide bonds. The second kappa shape index (κ2) is 7.71. The minimum absolute atomic E-state index is 0.0494. The number of amides is 1. The number of carbonyl (C=O) groups is 1. The van der Waals surface area contributed by atoms with E-state index in [-0.39, 0.29) is 11.5 Å². The molecule has 0 saturated carbocycles. The van der Waals surface area contributed by atoms with Crippen LogP contribution < -0.4 is 11.1 Å². The fourth-order valence-corrected chi connectivity index (χ4v) is 3.27. The Morgan fingerprint density at radius 1 is 1.23 bits per heavy atom. The Kier molecular flexibility index (Phi) is 4.93. The number of anilines is 1. The normalized spacial score (nSPS) is 12.1. The molecule has 0 bridgehead atoms. The van der Waals surface area contributed by atoms with E-state index in [2.05, 4.69) is 27.1 Å². The average molecular weight is 401 g/mol. The van der Waals surface area contributed by atoms with Crippen molar-refractivity contribution in [1.29, 1.82) is 0 Å². The van der Waals surface area contributed by atoms with Crippen molar-refractivity contribution in [3.63, 3.8) is 0 Å². The van der Waals surface area contributed by atoms with E-state index in [9.17, 15) is 9.18 Å². The number of rotatable bonds is 5. The van der Waals surface area contributed by atoms with Gasteiger partial charge in [0.25, 0.3) is 5.91 Å². The SMILES string of the molecule is C=C(C)/C=C\C=C(/N)C(=O)Nc1cc(-c2cc(F)cc3[nH]ccc23)cc2[nH]ncc12. The number of nitrogens with two attached hydrogens (primary N) is 1. The second-order valence-corrected chi connectivity index (χ2v) is 7.03. The molecule has 0 aliphatic rings. The van der Waals surface area contributed by atoms with E-state index < -0.39 is 5.91 Å². The fraction of sp³-hybridized carbons (Fsp3) is 0.0435. The predicted molar refractivity (Wildman–Crippen MR) is 118 cm³/mol. The quantitative estimate of drug-likeness (QED) is 0.286. The number of halogens is 1. The lowest BCUT2D eigenvalue weighted by atomic mass is 9.99. The molecule has 4 aromatic rings. The zero-order chi connectivity index (χ0) is 21.3. The van der Waals surface area contributed by atoms with E-state index in [4.69, 9.17) is 5.73 Å². The Balaban J connectivity index is 1.76. The zero-order valence-corrected chi connectivity index (χ0v) is 16.3. The lowest BCUT2D eigenvalue weighted by molar-refractivity contribution is -0.112. The van der Waals surface area contributed by atoms with Crippen LogP contribution in [0.15, 0.2) is 78.8 Å². The second-order valence-electron chi connectivity index (χ2n) is 7.03. The van der Waals surface area contributed by atoms with Gasteiger partial charge in [0, 0.05) is 22.5 Å². The van der Waals surface area contributed by atoms with Crippen LogP contribution in [0, 0.1) is 5.82 Å². The molecule has 0 radical (unpaired) electrons.